The highest BCUT2D eigenvalue weighted by molar-refractivity contribution is 5.81. The van der Waals surface area contributed by atoms with Gasteiger partial charge < -0.3 is 5.21 Å². The molecule has 13 heavy (non-hydrogen) atoms. The first-order chi connectivity index (χ1) is 6.05. The fraction of sp³-hybridized carbons (Fsp3) is 0.125. The third-order valence-electron chi connectivity index (χ3n) is 1.46. The Kier molecular flexibility index (Phi) is 2.55. The smallest absolute Gasteiger partial charge is 0.411 e. The second-order valence-electron chi connectivity index (χ2n) is 2.33. The fourth-order valence-corrected chi connectivity index (χ4v) is 0.930. The predicted octanol–water partition coefficient (Wildman–Crippen LogP) is 2.51. The number of hydrogen-bond acceptors (Lipinski definition) is 2. The molecular weight excluding hydrogens is 183 g/mol. The van der Waals surface area contributed by atoms with Crippen LogP contribution in [0, 0.1) is 0 Å². The monoisotopic (exact) mass is 189 g/mol. The lowest BCUT2D eigenvalue weighted by atomic mass is 10.1. The minimum absolute atomic E-state index is 0.155. The quantitative estimate of drug-likeness (QED) is 0.411. The third kappa shape index (κ3) is 2.21. The molecule has 0 spiro atoms. The molecule has 0 aliphatic carbocycles. The lowest BCUT2D eigenvalue weighted by Crippen LogP contribution is -2.08. The number of nitrogens with zero attached hydrogens (tertiary/aromatic N) is 1. The van der Waals surface area contributed by atoms with Gasteiger partial charge in [-0.1, -0.05) is 23.4 Å². The van der Waals surface area contributed by atoms with Crippen LogP contribution in [0.2, 0.25) is 0 Å². The van der Waals surface area contributed by atoms with E-state index in [4.69, 9.17) is 5.21 Å². The first kappa shape index (κ1) is 9.57. The Balaban J connectivity index is 3.20. The summed E-state index contributed by atoms with van der Waals surface area (Å²) < 4.78 is 36.7. The number of hydrogen-bond donors (Lipinski definition) is 1. The van der Waals surface area contributed by atoms with Crippen molar-refractivity contribution in [3.63, 3.8) is 0 Å². The highest BCUT2D eigenvalue weighted by Gasteiger charge is 2.32. The fourth-order valence-electron chi connectivity index (χ4n) is 0.930. The van der Waals surface area contributed by atoms with Gasteiger partial charge in [0.15, 0.2) is 0 Å². The van der Waals surface area contributed by atoms with E-state index in [2.05, 4.69) is 5.16 Å². The van der Waals surface area contributed by atoms with Crippen molar-refractivity contribution in [3.05, 3.63) is 35.4 Å². The molecule has 0 aliphatic heterocycles. The maximum absolute atomic E-state index is 12.2. The molecule has 0 radical (unpaired) electrons. The van der Waals surface area contributed by atoms with Crippen LogP contribution in [0.4, 0.5) is 13.2 Å². The molecule has 0 saturated heterocycles. The Morgan fingerprint density at radius 1 is 1.23 bits per heavy atom. The minimum Gasteiger partial charge on any atom is -0.411 e. The highest BCUT2D eigenvalue weighted by Crippen LogP contribution is 2.30. The van der Waals surface area contributed by atoms with E-state index in [0.717, 1.165) is 12.3 Å². The van der Waals surface area contributed by atoms with Gasteiger partial charge in [-0.2, -0.15) is 13.2 Å². The lowest BCUT2D eigenvalue weighted by molar-refractivity contribution is -0.137. The van der Waals surface area contributed by atoms with Crippen LogP contribution in [-0.2, 0) is 6.18 Å². The van der Waals surface area contributed by atoms with Gasteiger partial charge >= 0.3 is 6.18 Å². The van der Waals surface area contributed by atoms with Crippen LogP contribution in [0.15, 0.2) is 29.4 Å². The SMILES string of the molecule is O/N=C/c1ccccc1C(F)(F)F. The molecule has 0 heterocycles. The summed E-state index contributed by atoms with van der Waals surface area (Å²) in [5.74, 6) is 0. The highest BCUT2D eigenvalue weighted by atomic mass is 19.4. The van der Waals surface area contributed by atoms with Crippen LogP contribution in [0.1, 0.15) is 11.1 Å². The number of halogens is 3. The molecule has 0 amide bonds. The summed E-state index contributed by atoms with van der Waals surface area (Å²) in [6, 6.07) is 4.86. The lowest BCUT2D eigenvalue weighted by Gasteiger charge is -2.08. The summed E-state index contributed by atoms with van der Waals surface area (Å²) in [6.45, 7) is 0. The zero-order valence-electron chi connectivity index (χ0n) is 6.42. The first-order valence-corrected chi connectivity index (χ1v) is 3.39. The number of alkyl halides is 3. The summed E-state index contributed by atoms with van der Waals surface area (Å²) in [5, 5.41) is 10.7. The zero-order chi connectivity index (χ0) is 9.90. The van der Waals surface area contributed by atoms with Crippen molar-refractivity contribution >= 4 is 6.21 Å². The molecule has 0 aliphatic rings. The van der Waals surface area contributed by atoms with Crippen LogP contribution in [0.5, 0.6) is 0 Å². The van der Waals surface area contributed by atoms with E-state index in [1.165, 1.54) is 18.2 Å². The third-order valence-corrected chi connectivity index (χ3v) is 1.46. The van der Waals surface area contributed by atoms with E-state index in [1.807, 2.05) is 0 Å². The van der Waals surface area contributed by atoms with Gasteiger partial charge in [-0.25, -0.2) is 0 Å². The van der Waals surface area contributed by atoms with Gasteiger partial charge in [-0.3, -0.25) is 0 Å². The van der Waals surface area contributed by atoms with Crippen molar-refractivity contribution in [1.29, 1.82) is 0 Å². The minimum atomic E-state index is -4.42. The van der Waals surface area contributed by atoms with E-state index in [0.29, 0.717) is 0 Å². The molecule has 0 saturated carbocycles. The Bertz CT molecular complexity index is 319. The molecule has 70 valence electrons. The average molecular weight is 189 g/mol. The topological polar surface area (TPSA) is 32.6 Å². The van der Waals surface area contributed by atoms with Gasteiger partial charge in [-0.05, 0) is 6.07 Å². The van der Waals surface area contributed by atoms with E-state index < -0.39 is 11.7 Å². The maximum Gasteiger partial charge on any atom is 0.417 e. The van der Waals surface area contributed by atoms with E-state index >= 15 is 0 Å². The van der Waals surface area contributed by atoms with Crippen molar-refractivity contribution in [2.45, 2.75) is 6.18 Å². The molecule has 2 nitrogen and oxygen atoms in total. The Hall–Kier alpha value is -1.52. The normalized spacial score (nSPS) is 12.2. The Morgan fingerprint density at radius 3 is 2.38 bits per heavy atom. The summed E-state index contributed by atoms with van der Waals surface area (Å²) >= 11 is 0. The van der Waals surface area contributed by atoms with E-state index in [-0.39, 0.29) is 5.56 Å². The standard InChI is InChI=1S/C8H6F3NO/c9-8(10,11)7-4-2-1-3-6(7)5-12-13/h1-5,13H/b12-5+. The van der Waals surface area contributed by atoms with E-state index in [9.17, 15) is 13.2 Å². The van der Waals surface area contributed by atoms with Gasteiger partial charge in [0.25, 0.3) is 0 Å². The largest absolute Gasteiger partial charge is 0.417 e. The molecule has 0 bridgehead atoms. The molecule has 1 rings (SSSR count). The van der Waals surface area contributed by atoms with Crippen molar-refractivity contribution < 1.29 is 18.4 Å². The average Bonchev–Trinajstić information content (AvgIpc) is 2.04. The second-order valence-corrected chi connectivity index (χ2v) is 2.33. The first-order valence-electron chi connectivity index (χ1n) is 3.39. The van der Waals surface area contributed by atoms with Crippen molar-refractivity contribution in [1.82, 2.24) is 0 Å². The van der Waals surface area contributed by atoms with Crippen LogP contribution < -0.4 is 0 Å². The van der Waals surface area contributed by atoms with Gasteiger partial charge in [0.05, 0.1) is 11.8 Å². The van der Waals surface area contributed by atoms with Gasteiger partial charge in [0.1, 0.15) is 0 Å². The molecule has 1 aromatic rings. The summed E-state index contributed by atoms with van der Waals surface area (Å²) in [6.07, 6.45) is -3.67. The summed E-state index contributed by atoms with van der Waals surface area (Å²) in [4.78, 5) is 0. The molecule has 1 aromatic carbocycles. The predicted molar refractivity (Wildman–Crippen MR) is 40.8 cm³/mol. The molecular formula is C8H6F3NO. The Labute approximate surface area is 72.3 Å². The van der Waals surface area contributed by atoms with E-state index in [1.54, 1.807) is 0 Å². The van der Waals surface area contributed by atoms with Crippen molar-refractivity contribution in [3.8, 4) is 0 Å². The number of oxime groups is 1. The summed E-state index contributed by atoms with van der Waals surface area (Å²) in [5.41, 5.74) is -0.967. The van der Waals surface area contributed by atoms with Gasteiger partial charge in [0.2, 0.25) is 0 Å². The number of rotatable bonds is 1. The maximum atomic E-state index is 12.2. The van der Waals surface area contributed by atoms with Gasteiger partial charge in [0, 0.05) is 5.56 Å². The van der Waals surface area contributed by atoms with Crippen LogP contribution in [-0.4, -0.2) is 11.4 Å². The molecule has 0 fully saturated rings. The number of benzene rings is 1. The molecule has 5 heteroatoms. The van der Waals surface area contributed by atoms with Crippen LogP contribution in [0.25, 0.3) is 0 Å². The van der Waals surface area contributed by atoms with Crippen molar-refractivity contribution in [2.75, 3.05) is 0 Å². The van der Waals surface area contributed by atoms with Crippen molar-refractivity contribution in [2.24, 2.45) is 5.16 Å². The zero-order valence-corrected chi connectivity index (χ0v) is 6.42. The second kappa shape index (κ2) is 3.47. The summed E-state index contributed by atoms with van der Waals surface area (Å²) in [7, 11) is 0. The van der Waals surface area contributed by atoms with Gasteiger partial charge in [-0.15, -0.1) is 0 Å². The molecule has 0 aromatic heterocycles. The van der Waals surface area contributed by atoms with Crippen LogP contribution >= 0.6 is 0 Å². The molecule has 1 N–H and O–H groups in total. The Morgan fingerprint density at radius 2 is 1.85 bits per heavy atom. The van der Waals surface area contributed by atoms with Crippen LogP contribution in [0.3, 0.4) is 0 Å². The molecule has 0 unspecified atom stereocenters. The molecule has 0 atom stereocenters.